The van der Waals surface area contributed by atoms with Gasteiger partial charge in [-0.1, -0.05) is 88.4 Å². The molecule has 0 radical (unpaired) electrons. The van der Waals surface area contributed by atoms with E-state index in [9.17, 15) is 26.3 Å². The largest absolute Gasteiger partial charge is 0.435 e. The van der Waals surface area contributed by atoms with Gasteiger partial charge in [0.1, 0.15) is 0 Å². The van der Waals surface area contributed by atoms with Crippen molar-refractivity contribution in [1.29, 1.82) is 0 Å². The van der Waals surface area contributed by atoms with Gasteiger partial charge in [0.15, 0.2) is 11.4 Å². The highest BCUT2D eigenvalue weighted by Crippen LogP contribution is 2.41. The van der Waals surface area contributed by atoms with E-state index in [0.717, 1.165) is 68.3 Å². The molecule has 74 heavy (non-hydrogen) atoms. The first-order valence-corrected chi connectivity index (χ1v) is 23.6. The average Bonchev–Trinajstić information content (AvgIpc) is 3.74. The van der Waals surface area contributed by atoms with Gasteiger partial charge >= 0.3 is 12.4 Å². The molecule has 18 heteroatoms. The summed E-state index contributed by atoms with van der Waals surface area (Å²) in [7, 11) is 0. The molecule has 0 aliphatic heterocycles. The highest BCUT2D eigenvalue weighted by molar-refractivity contribution is 5.64. The van der Waals surface area contributed by atoms with E-state index in [1.54, 1.807) is 18.6 Å². The lowest BCUT2D eigenvalue weighted by Gasteiger charge is -2.34. The Bertz CT molecular complexity index is 3290. The maximum atomic E-state index is 12.8. The van der Waals surface area contributed by atoms with Crippen molar-refractivity contribution in [3.05, 3.63) is 192 Å². The van der Waals surface area contributed by atoms with Crippen molar-refractivity contribution in [1.82, 2.24) is 54.9 Å². The molecule has 0 aliphatic carbocycles. The molecule has 2 N–H and O–H groups in total. The van der Waals surface area contributed by atoms with Crippen LogP contribution in [0.5, 0.6) is 0 Å². The van der Waals surface area contributed by atoms with Crippen molar-refractivity contribution in [3.63, 3.8) is 0 Å². The van der Waals surface area contributed by atoms with E-state index in [0.29, 0.717) is 28.5 Å². The van der Waals surface area contributed by atoms with Crippen molar-refractivity contribution in [2.75, 3.05) is 5.73 Å². The summed E-state index contributed by atoms with van der Waals surface area (Å²) in [6.07, 6.45) is 1.52. The summed E-state index contributed by atoms with van der Waals surface area (Å²) in [6, 6.07) is 31.9. The monoisotopic (exact) mass is 1010 g/mol. The normalized spacial score (nSPS) is 13.5. The Balaban J connectivity index is 0.000000200. The molecular formula is C56H52F6N12. The van der Waals surface area contributed by atoms with Crippen LogP contribution in [0.4, 0.5) is 32.3 Å². The molecule has 0 saturated heterocycles. The van der Waals surface area contributed by atoms with Crippen LogP contribution in [0.1, 0.15) is 86.8 Å². The molecule has 12 nitrogen and oxygen atoms in total. The number of aromatic nitrogens is 11. The smallest absolute Gasteiger partial charge is 0.368 e. The number of rotatable bonds is 11. The van der Waals surface area contributed by atoms with Gasteiger partial charge in [-0.3, -0.25) is 14.5 Å². The molecule has 9 aromatic rings. The van der Waals surface area contributed by atoms with Crippen molar-refractivity contribution < 1.29 is 26.3 Å². The maximum absolute atomic E-state index is 12.8. The third-order valence-electron chi connectivity index (χ3n) is 13.8. The molecule has 0 spiro atoms. The molecule has 9 rings (SSSR count). The minimum absolute atomic E-state index is 0.207. The van der Waals surface area contributed by atoms with Crippen LogP contribution < -0.4 is 5.73 Å². The zero-order valence-corrected chi connectivity index (χ0v) is 41.8. The zero-order valence-electron chi connectivity index (χ0n) is 41.8. The lowest BCUT2D eigenvalue weighted by molar-refractivity contribution is -0.142. The molecule has 7 heterocycles. The minimum Gasteiger partial charge on any atom is -0.368 e. The number of alkyl halides is 6. The lowest BCUT2D eigenvalue weighted by atomic mass is 9.70. The van der Waals surface area contributed by atoms with Gasteiger partial charge in [-0.05, 0) is 99.2 Å². The number of aryl methyl sites for hydroxylation is 2. The van der Waals surface area contributed by atoms with Crippen molar-refractivity contribution in [3.8, 4) is 50.7 Å². The van der Waals surface area contributed by atoms with Gasteiger partial charge in [0.05, 0.1) is 22.8 Å². The molecule has 0 fully saturated rings. The van der Waals surface area contributed by atoms with Crippen LogP contribution in [-0.2, 0) is 23.2 Å². The SMILES string of the molecule is CC(C)C(C)(c1ccc(-c2ccc(C(F)(F)F)nn2)cc1)c1ccc(-c2cnc(N)nc2)cn1.Cc1ccc(C)n1-c1ncc(-c2ccc(C(C)(c3ccc(-c4ccc(C(F)(F)F)nn4)cc3)C(C)C)nc2)cn1. The Morgan fingerprint density at radius 1 is 0.392 bits per heavy atom. The average molecular weight is 1010 g/mol. The summed E-state index contributed by atoms with van der Waals surface area (Å²) in [5, 5.41) is 14.2. The summed E-state index contributed by atoms with van der Waals surface area (Å²) in [4.78, 5) is 26.8. The Hall–Kier alpha value is -8.28. The van der Waals surface area contributed by atoms with Crippen LogP contribution in [0.2, 0.25) is 0 Å². The molecule has 2 unspecified atom stereocenters. The number of nitrogens with zero attached hydrogens (tertiary/aromatic N) is 11. The molecular weight excluding hydrogens is 955 g/mol. The Labute approximate surface area is 424 Å². The minimum atomic E-state index is -4.52. The summed E-state index contributed by atoms with van der Waals surface area (Å²) in [6.45, 7) is 16.8. The van der Waals surface area contributed by atoms with E-state index < -0.39 is 34.6 Å². The number of nitrogens with two attached hydrogens (primary N) is 1. The standard InChI is InChI=1S/C31H29F3N6.C25H23F3N6/c1-19(2)30(5,25-11-8-22(9-12-25)26-13-15-28(39-38-26)31(32,33)34)27-14-10-23(16-35-27)24-17-36-29(37-18-24)40-20(3)6-7-21(40)4;1-15(2)24(3,21-10-6-17(12-30-21)18-13-31-23(29)32-14-18)19-7-4-16(5-8-19)20-9-11-22(34-33-20)25(26,27)28/h6-19H,1-5H3;4-15H,1-3H3,(H2,29,31,32). The highest BCUT2D eigenvalue weighted by atomic mass is 19.4. The van der Waals surface area contributed by atoms with Crippen LogP contribution in [0.25, 0.3) is 50.7 Å². The predicted molar refractivity (Wildman–Crippen MR) is 271 cm³/mol. The van der Waals surface area contributed by atoms with Crippen molar-refractivity contribution >= 4 is 5.95 Å². The molecule has 0 amide bonds. The topological polar surface area (TPSA) is 160 Å². The summed E-state index contributed by atoms with van der Waals surface area (Å²) >= 11 is 0. The van der Waals surface area contributed by atoms with Crippen LogP contribution >= 0.6 is 0 Å². The van der Waals surface area contributed by atoms with Gasteiger partial charge < -0.3 is 5.73 Å². The zero-order chi connectivity index (χ0) is 53.2. The van der Waals surface area contributed by atoms with Gasteiger partial charge in [-0.2, -0.15) is 26.3 Å². The second-order valence-electron chi connectivity index (χ2n) is 18.9. The van der Waals surface area contributed by atoms with Gasteiger partial charge in [-0.25, -0.2) is 19.9 Å². The quantitative estimate of drug-likeness (QED) is 0.123. The first-order chi connectivity index (χ1) is 35.1. The molecule has 7 aromatic heterocycles. The van der Waals surface area contributed by atoms with Gasteiger partial charge in [0.2, 0.25) is 11.9 Å². The van der Waals surface area contributed by atoms with Gasteiger partial charge in [0, 0.05) is 92.8 Å². The Kier molecular flexibility index (Phi) is 14.5. The van der Waals surface area contributed by atoms with E-state index >= 15 is 0 Å². The summed E-state index contributed by atoms with van der Waals surface area (Å²) in [5.41, 5.74) is 14.4. The number of benzene rings is 2. The van der Waals surface area contributed by atoms with Crippen molar-refractivity contribution in [2.45, 2.75) is 78.6 Å². The van der Waals surface area contributed by atoms with Crippen LogP contribution in [0.3, 0.4) is 0 Å². The van der Waals surface area contributed by atoms with E-state index in [1.807, 2.05) is 122 Å². The lowest BCUT2D eigenvalue weighted by Crippen LogP contribution is -2.31. The van der Waals surface area contributed by atoms with Gasteiger partial charge in [-0.15, -0.1) is 20.4 Å². The first kappa shape index (κ1) is 52.1. The maximum Gasteiger partial charge on any atom is 0.435 e. The van der Waals surface area contributed by atoms with E-state index in [2.05, 4.69) is 81.9 Å². The first-order valence-electron chi connectivity index (χ1n) is 23.6. The Morgan fingerprint density at radius 2 is 0.730 bits per heavy atom. The number of halogens is 6. The highest BCUT2D eigenvalue weighted by Gasteiger charge is 2.37. The number of nitrogen functional groups attached to an aromatic ring is 1. The van der Waals surface area contributed by atoms with Crippen LogP contribution in [0, 0.1) is 25.7 Å². The molecule has 2 aromatic carbocycles. The molecule has 0 bridgehead atoms. The fraction of sp³-hybridized carbons (Fsp3) is 0.250. The number of pyridine rings is 2. The molecule has 2 atom stereocenters. The second-order valence-corrected chi connectivity index (χ2v) is 18.9. The van der Waals surface area contributed by atoms with Gasteiger partial charge in [0.25, 0.3) is 0 Å². The molecule has 0 saturated carbocycles. The summed E-state index contributed by atoms with van der Waals surface area (Å²) < 4.78 is 78.8. The van der Waals surface area contributed by atoms with E-state index in [1.165, 1.54) is 12.1 Å². The van der Waals surface area contributed by atoms with E-state index in [-0.39, 0.29) is 17.8 Å². The van der Waals surface area contributed by atoms with Crippen LogP contribution in [0.15, 0.2) is 146 Å². The predicted octanol–water partition coefficient (Wildman–Crippen LogP) is 12.9. The van der Waals surface area contributed by atoms with Crippen molar-refractivity contribution in [2.24, 2.45) is 11.8 Å². The number of hydrogen-bond donors (Lipinski definition) is 1. The fourth-order valence-electron chi connectivity index (χ4n) is 8.60. The third kappa shape index (κ3) is 10.7. The summed E-state index contributed by atoms with van der Waals surface area (Å²) in [5.74, 6) is 1.26. The number of hydrogen-bond acceptors (Lipinski definition) is 11. The fourth-order valence-corrected chi connectivity index (χ4v) is 8.60. The molecule has 378 valence electrons. The second kappa shape index (κ2) is 20.7. The van der Waals surface area contributed by atoms with E-state index in [4.69, 9.17) is 15.7 Å². The third-order valence-corrected chi connectivity index (χ3v) is 13.8. The molecule has 0 aliphatic rings. The Morgan fingerprint density at radius 3 is 1.04 bits per heavy atom. The number of anilines is 1. The van der Waals surface area contributed by atoms with Crippen LogP contribution in [-0.4, -0.2) is 54.9 Å².